The Kier molecular flexibility index (Phi) is 5.06. The minimum absolute atomic E-state index is 0.0291. The number of anilines is 1. The molecule has 1 saturated heterocycles. The van der Waals surface area contributed by atoms with Gasteiger partial charge in [0.05, 0.1) is 0 Å². The van der Waals surface area contributed by atoms with E-state index in [0.29, 0.717) is 23.0 Å². The highest BCUT2D eigenvalue weighted by Crippen LogP contribution is 2.43. The average molecular weight is 409 g/mol. The third-order valence-corrected chi connectivity index (χ3v) is 6.16. The minimum Gasteiger partial charge on any atom is -0.364 e. The lowest BCUT2D eigenvalue weighted by molar-refractivity contribution is 0.152. The van der Waals surface area contributed by atoms with Crippen LogP contribution in [-0.2, 0) is 0 Å². The zero-order chi connectivity index (χ0) is 20.7. The summed E-state index contributed by atoms with van der Waals surface area (Å²) in [4.78, 5) is 6.54. The minimum atomic E-state index is -2.56. The number of hydrogen-bond donors (Lipinski definition) is 1. The van der Waals surface area contributed by atoms with E-state index in [-0.39, 0.29) is 11.6 Å². The second-order valence-corrected chi connectivity index (χ2v) is 8.49. The molecule has 1 aliphatic carbocycles. The first-order valence-corrected chi connectivity index (χ1v) is 10.6. The van der Waals surface area contributed by atoms with Gasteiger partial charge >= 0.3 is 0 Å². The molecule has 5 rings (SSSR count). The van der Waals surface area contributed by atoms with Crippen LogP contribution in [0.2, 0.25) is 0 Å². The number of rotatable bonds is 5. The lowest BCUT2D eigenvalue weighted by Gasteiger charge is -2.30. The number of fused-ring (bicyclic) bond motifs is 1. The molecule has 1 saturated carbocycles. The van der Waals surface area contributed by atoms with Gasteiger partial charge < -0.3 is 10.2 Å². The number of likely N-dealkylation sites (N-methyl/N-ethyl adjacent to an activating group) is 1. The normalized spacial score (nSPS) is 20.1. The van der Waals surface area contributed by atoms with Crippen LogP contribution in [0, 0.1) is 0 Å². The van der Waals surface area contributed by atoms with Gasteiger partial charge in [-0.3, -0.25) is 4.98 Å². The summed E-state index contributed by atoms with van der Waals surface area (Å²) >= 11 is 0. The summed E-state index contributed by atoms with van der Waals surface area (Å²) in [6, 6.07) is 7.50. The van der Waals surface area contributed by atoms with Crippen LogP contribution in [0.4, 0.5) is 14.6 Å². The maximum absolute atomic E-state index is 13.9. The molecule has 5 nitrogen and oxygen atoms in total. The second kappa shape index (κ2) is 7.87. The van der Waals surface area contributed by atoms with Gasteiger partial charge in [-0.15, -0.1) is 10.2 Å². The fraction of sp³-hybridized carbons (Fsp3) is 0.435. The third-order valence-electron chi connectivity index (χ3n) is 6.16. The summed E-state index contributed by atoms with van der Waals surface area (Å²) in [6.07, 6.45) is 5.19. The maximum atomic E-state index is 13.9. The SMILES string of the molecule is CN1CCC[C@@H](Nc2nnc(-c3ccc(C4CC4)cc3C(F)F)c3ccncc23)C1. The molecule has 30 heavy (non-hydrogen) atoms. The number of hydrogen-bond acceptors (Lipinski definition) is 5. The molecule has 1 N–H and O–H groups in total. The largest absolute Gasteiger partial charge is 0.364 e. The summed E-state index contributed by atoms with van der Waals surface area (Å²) in [6.45, 7) is 2.03. The first kappa shape index (κ1) is 19.3. The Morgan fingerprint density at radius 1 is 1.10 bits per heavy atom. The van der Waals surface area contributed by atoms with Crippen LogP contribution in [0.15, 0.2) is 36.7 Å². The predicted octanol–water partition coefficient (Wildman–Crippen LogP) is 5.01. The Hall–Kier alpha value is -2.67. The fourth-order valence-corrected chi connectivity index (χ4v) is 4.43. The highest BCUT2D eigenvalue weighted by atomic mass is 19.3. The maximum Gasteiger partial charge on any atom is 0.264 e. The Morgan fingerprint density at radius 2 is 1.97 bits per heavy atom. The lowest BCUT2D eigenvalue weighted by atomic mass is 9.97. The summed E-state index contributed by atoms with van der Waals surface area (Å²) < 4.78 is 27.8. The number of piperidine rings is 1. The first-order chi connectivity index (χ1) is 14.6. The van der Waals surface area contributed by atoms with Crippen LogP contribution >= 0.6 is 0 Å². The van der Waals surface area contributed by atoms with Crippen LogP contribution in [0.3, 0.4) is 0 Å². The zero-order valence-corrected chi connectivity index (χ0v) is 17.0. The van der Waals surface area contributed by atoms with Gasteiger partial charge in [-0.2, -0.15) is 0 Å². The molecule has 0 unspecified atom stereocenters. The van der Waals surface area contributed by atoms with Crippen LogP contribution in [-0.4, -0.2) is 46.3 Å². The van der Waals surface area contributed by atoms with Gasteiger partial charge in [-0.05, 0) is 62.9 Å². The van der Waals surface area contributed by atoms with Gasteiger partial charge in [0.2, 0.25) is 0 Å². The molecule has 0 bridgehead atoms. The lowest BCUT2D eigenvalue weighted by Crippen LogP contribution is -2.40. The van der Waals surface area contributed by atoms with Crippen molar-refractivity contribution in [3.63, 3.8) is 0 Å². The second-order valence-electron chi connectivity index (χ2n) is 8.49. The van der Waals surface area contributed by atoms with Crippen molar-refractivity contribution in [2.75, 3.05) is 25.5 Å². The predicted molar refractivity (Wildman–Crippen MR) is 114 cm³/mol. The van der Waals surface area contributed by atoms with E-state index < -0.39 is 6.43 Å². The molecule has 1 aromatic carbocycles. The number of nitrogens with zero attached hydrogens (tertiary/aromatic N) is 4. The number of alkyl halides is 2. The quantitative estimate of drug-likeness (QED) is 0.642. The van der Waals surface area contributed by atoms with Gasteiger partial charge in [-0.25, -0.2) is 8.78 Å². The molecule has 7 heteroatoms. The smallest absolute Gasteiger partial charge is 0.264 e. The molecule has 3 heterocycles. The summed E-state index contributed by atoms with van der Waals surface area (Å²) in [5.41, 5.74) is 1.95. The Morgan fingerprint density at radius 3 is 2.73 bits per heavy atom. The monoisotopic (exact) mass is 409 g/mol. The van der Waals surface area contributed by atoms with E-state index in [1.54, 1.807) is 24.5 Å². The van der Waals surface area contributed by atoms with Crippen molar-refractivity contribution in [2.24, 2.45) is 0 Å². The van der Waals surface area contributed by atoms with Crippen molar-refractivity contribution in [1.82, 2.24) is 20.1 Å². The average Bonchev–Trinajstić information content (AvgIpc) is 3.59. The molecule has 1 atom stereocenters. The van der Waals surface area contributed by atoms with Crippen molar-refractivity contribution in [3.05, 3.63) is 47.8 Å². The van der Waals surface area contributed by atoms with E-state index in [0.717, 1.165) is 55.1 Å². The van der Waals surface area contributed by atoms with Gasteiger partial charge in [0.15, 0.2) is 5.82 Å². The fourth-order valence-electron chi connectivity index (χ4n) is 4.43. The number of pyridine rings is 1. The molecular formula is C23H25F2N5. The molecule has 2 aliphatic rings. The van der Waals surface area contributed by atoms with Crippen LogP contribution in [0.5, 0.6) is 0 Å². The van der Waals surface area contributed by atoms with E-state index in [4.69, 9.17) is 0 Å². The molecule has 2 aromatic heterocycles. The summed E-state index contributed by atoms with van der Waals surface area (Å²) in [5, 5.41) is 13.9. The van der Waals surface area contributed by atoms with Crippen molar-refractivity contribution in [1.29, 1.82) is 0 Å². The molecule has 0 spiro atoms. The van der Waals surface area contributed by atoms with Gasteiger partial charge in [-0.1, -0.05) is 12.1 Å². The van der Waals surface area contributed by atoms with Crippen LogP contribution in [0.1, 0.15) is 49.2 Å². The topological polar surface area (TPSA) is 53.9 Å². The van der Waals surface area contributed by atoms with E-state index in [9.17, 15) is 8.78 Å². The number of benzene rings is 1. The third kappa shape index (κ3) is 3.74. The van der Waals surface area contributed by atoms with E-state index in [1.165, 1.54) is 0 Å². The van der Waals surface area contributed by atoms with E-state index >= 15 is 0 Å². The van der Waals surface area contributed by atoms with Crippen molar-refractivity contribution in [3.8, 4) is 11.3 Å². The van der Waals surface area contributed by atoms with E-state index in [2.05, 4.69) is 32.4 Å². The number of halogens is 2. The Bertz CT molecular complexity index is 1070. The molecular weight excluding hydrogens is 384 g/mol. The van der Waals surface area contributed by atoms with Crippen molar-refractivity contribution >= 4 is 16.6 Å². The standard InChI is InChI=1S/C23H25F2N5/c1-30-10-2-3-16(13-30)27-23-20-12-26-9-8-18(20)21(28-29-23)17-7-6-15(14-4-5-14)11-19(17)22(24)25/h6-9,11-12,14,16,22H,2-5,10,13H2,1H3,(H,27,29)/t16-/m1/s1. The zero-order valence-electron chi connectivity index (χ0n) is 17.0. The molecule has 0 radical (unpaired) electrons. The summed E-state index contributed by atoms with van der Waals surface area (Å²) in [7, 11) is 2.11. The van der Waals surface area contributed by atoms with Crippen molar-refractivity contribution in [2.45, 2.75) is 44.1 Å². The van der Waals surface area contributed by atoms with Crippen LogP contribution < -0.4 is 5.32 Å². The van der Waals surface area contributed by atoms with E-state index in [1.807, 2.05) is 12.1 Å². The van der Waals surface area contributed by atoms with Gasteiger partial charge in [0.25, 0.3) is 6.43 Å². The Labute approximate surface area is 174 Å². The van der Waals surface area contributed by atoms with Gasteiger partial charge in [0, 0.05) is 46.9 Å². The van der Waals surface area contributed by atoms with Crippen molar-refractivity contribution < 1.29 is 8.78 Å². The molecule has 2 fully saturated rings. The highest BCUT2D eigenvalue weighted by molar-refractivity contribution is 6.00. The van der Waals surface area contributed by atoms with Gasteiger partial charge in [0.1, 0.15) is 5.69 Å². The molecule has 0 amide bonds. The first-order valence-electron chi connectivity index (χ1n) is 10.6. The molecule has 3 aromatic rings. The molecule has 1 aliphatic heterocycles. The summed E-state index contributed by atoms with van der Waals surface area (Å²) in [5.74, 6) is 1.08. The highest BCUT2D eigenvalue weighted by Gasteiger charge is 2.27. The molecule has 156 valence electrons. The number of likely N-dealkylation sites (tertiary alicyclic amines) is 1. The Balaban J connectivity index is 1.56. The number of aromatic nitrogens is 3. The number of nitrogens with one attached hydrogen (secondary N) is 1. The van der Waals surface area contributed by atoms with Crippen LogP contribution in [0.25, 0.3) is 22.0 Å².